The van der Waals surface area contributed by atoms with Crippen molar-refractivity contribution in [1.29, 1.82) is 0 Å². The molecule has 6 heteroatoms. The summed E-state index contributed by atoms with van der Waals surface area (Å²) >= 11 is -2.43. The summed E-state index contributed by atoms with van der Waals surface area (Å²) in [5.74, 6) is -4.06. The van der Waals surface area contributed by atoms with Gasteiger partial charge in [-0.1, -0.05) is 12.8 Å². The lowest BCUT2D eigenvalue weighted by Gasteiger charge is -2.18. The standard InChI is InChI=1S/C8H15F2NO2S/c9-8(10,6-14(12)13)5-11-7-3-1-2-4-7/h7,11H,1-6H2,(H,12,13). The van der Waals surface area contributed by atoms with E-state index in [9.17, 15) is 13.0 Å². The molecule has 1 fully saturated rings. The van der Waals surface area contributed by atoms with E-state index < -0.39 is 29.3 Å². The van der Waals surface area contributed by atoms with E-state index in [1.165, 1.54) is 0 Å². The maximum atomic E-state index is 12.9. The van der Waals surface area contributed by atoms with Crippen molar-refractivity contribution in [2.75, 3.05) is 12.3 Å². The van der Waals surface area contributed by atoms with Gasteiger partial charge in [0, 0.05) is 6.04 Å². The first-order valence-corrected chi connectivity index (χ1v) is 5.96. The molecule has 0 aliphatic heterocycles. The van der Waals surface area contributed by atoms with E-state index in [0.717, 1.165) is 25.7 Å². The molecule has 1 saturated carbocycles. The molecule has 1 atom stereocenters. The summed E-state index contributed by atoms with van der Waals surface area (Å²) in [4.78, 5) is 0. The lowest BCUT2D eigenvalue weighted by molar-refractivity contribution is 0.0234. The first-order valence-electron chi connectivity index (χ1n) is 4.68. The second kappa shape index (κ2) is 5.14. The lowest BCUT2D eigenvalue weighted by atomic mass is 10.2. The van der Waals surface area contributed by atoms with Crippen LogP contribution in [0.25, 0.3) is 0 Å². The summed E-state index contributed by atoms with van der Waals surface area (Å²) in [6.45, 7) is -0.496. The number of rotatable bonds is 5. The molecule has 0 spiro atoms. The van der Waals surface area contributed by atoms with Crippen LogP contribution >= 0.6 is 0 Å². The number of nitrogens with one attached hydrogen (secondary N) is 1. The Balaban J connectivity index is 2.23. The van der Waals surface area contributed by atoms with Gasteiger partial charge in [-0.15, -0.1) is 0 Å². The van der Waals surface area contributed by atoms with Crippen molar-refractivity contribution in [3.63, 3.8) is 0 Å². The second-order valence-electron chi connectivity index (χ2n) is 3.68. The van der Waals surface area contributed by atoms with Crippen LogP contribution in [0.15, 0.2) is 0 Å². The number of hydrogen-bond donors (Lipinski definition) is 2. The molecule has 84 valence electrons. The molecule has 0 aromatic heterocycles. The van der Waals surface area contributed by atoms with E-state index in [1.54, 1.807) is 0 Å². The SMILES string of the molecule is O=S(O)CC(F)(F)CNC1CCCC1. The van der Waals surface area contributed by atoms with Crippen molar-refractivity contribution in [3.8, 4) is 0 Å². The quantitative estimate of drug-likeness (QED) is 0.697. The van der Waals surface area contributed by atoms with E-state index >= 15 is 0 Å². The van der Waals surface area contributed by atoms with Crippen molar-refractivity contribution in [3.05, 3.63) is 0 Å². The van der Waals surface area contributed by atoms with Gasteiger partial charge < -0.3 is 9.87 Å². The Morgan fingerprint density at radius 3 is 2.50 bits per heavy atom. The monoisotopic (exact) mass is 227 g/mol. The highest BCUT2D eigenvalue weighted by Crippen LogP contribution is 2.19. The van der Waals surface area contributed by atoms with Gasteiger partial charge in [0.25, 0.3) is 5.92 Å². The van der Waals surface area contributed by atoms with Crippen LogP contribution < -0.4 is 5.32 Å². The molecule has 0 amide bonds. The molecule has 0 heterocycles. The summed E-state index contributed by atoms with van der Waals surface area (Å²) < 4.78 is 44.4. The van der Waals surface area contributed by atoms with Gasteiger partial charge in [0.15, 0.2) is 11.1 Å². The fourth-order valence-corrected chi connectivity index (χ4v) is 2.12. The van der Waals surface area contributed by atoms with E-state index in [4.69, 9.17) is 4.55 Å². The van der Waals surface area contributed by atoms with Crippen molar-refractivity contribution >= 4 is 11.1 Å². The largest absolute Gasteiger partial charge is 0.308 e. The summed E-state index contributed by atoms with van der Waals surface area (Å²) in [5, 5.41) is 2.73. The van der Waals surface area contributed by atoms with Crippen LogP contribution in [0, 0.1) is 0 Å². The molecule has 14 heavy (non-hydrogen) atoms. The van der Waals surface area contributed by atoms with Crippen LogP contribution in [0.2, 0.25) is 0 Å². The molecule has 3 nitrogen and oxygen atoms in total. The van der Waals surface area contributed by atoms with E-state index in [0.29, 0.717) is 0 Å². The average Bonchev–Trinajstić information content (AvgIpc) is 2.50. The van der Waals surface area contributed by atoms with Crippen molar-refractivity contribution in [2.24, 2.45) is 0 Å². The molecule has 1 aliphatic rings. The summed E-state index contributed by atoms with van der Waals surface area (Å²) in [6, 6.07) is 0.160. The van der Waals surface area contributed by atoms with Crippen LogP contribution in [-0.4, -0.2) is 33.0 Å². The number of halogens is 2. The molecular weight excluding hydrogens is 212 g/mol. The van der Waals surface area contributed by atoms with Crippen LogP contribution in [-0.2, 0) is 11.1 Å². The number of alkyl halides is 2. The van der Waals surface area contributed by atoms with Crippen LogP contribution in [0.3, 0.4) is 0 Å². The summed E-state index contributed by atoms with van der Waals surface area (Å²) in [5.41, 5.74) is 0. The third kappa shape index (κ3) is 4.43. The molecule has 0 aromatic rings. The van der Waals surface area contributed by atoms with Gasteiger partial charge >= 0.3 is 0 Å². The zero-order valence-electron chi connectivity index (χ0n) is 7.84. The van der Waals surface area contributed by atoms with E-state index in [1.807, 2.05) is 0 Å². The highest BCUT2D eigenvalue weighted by molar-refractivity contribution is 7.79. The van der Waals surface area contributed by atoms with Crippen LogP contribution in [0.5, 0.6) is 0 Å². The second-order valence-corrected chi connectivity index (χ2v) is 4.62. The van der Waals surface area contributed by atoms with Gasteiger partial charge in [-0.3, -0.25) is 0 Å². The van der Waals surface area contributed by atoms with Crippen LogP contribution in [0.4, 0.5) is 8.78 Å². The molecule has 1 unspecified atom stereocenters. The third-order valence-corrected chi connectivity index (χ3v) is 3.01. The normalized spacial score (nSPS) is 21.4. The van der Waals surface area contributed by atoms with Gasteiger partial charge in [0.2, 0.25) is 0 Å². The molecule has 0 saturated heterocycles. The van der Waals surface area contributed by atoms with Gasteiger partial charge in [-0.25, -0.2) is 13.0 Å². The minimum Gasteiger partial charge on any atom is -0.308 e. The van der Waals surface area contributed by atoms with Crippen molar-refractivity contribution < 1.29 is 17.5 Å². The Hall–Kier alpha value is -0.0700. The predicted octanol–water partition coefficient (Wildman–Crippen LogP) is 1.38. The Labute approximate surface area is 84.5 Å². The fraction of sp³-hybridized carbons (Fsp3) is 1.00. The molecule has 2 N–H and O–H groups in total. The lowest BCUT2D eigenvalue weighted by Crippen LogP contribution is -2.41. The van der Waals surface area contributed by atoms with Gasteiger partial charge in [-0.2, -0.15) is 0 Å². The highest BCUT2D eigenvalue weighted by Gasteiger charge is 2.32. The Morgan fingerprint density at radius 2 is 2.00 bits per heavy atom. The first-order chi connectivity index (χ1) is 6.49. The average molecular weight is 227 g/mol. The molecular formula is C8H15F2NO2S. The summed E-state index contributed by atoms with van der Waals surface area (Å²) in [7, 11) is 0. The molecule has 0 radical (unpaired) electrons. The van der Waals surface area contributed by atoms with Crippen molar-refractivity contribution in [2.45, 2.75) is 37.6 Å². The Bertz CT molecular complexity index is 208. The highest BCUT2D eigenvalue weighted by atomic mass is 32.2. The maximum absolute atomic E-state index is 12.9. The van der Waals surface area contributed by atoms with Crippen LogP contribution in [0.1, 0.15) is 25.7 Å². The Kier molecular flexibility index (Phi) is 4.40. The molecule has 1 aliphatic carbocycles. The molecule has 0 bridgehead atoms. The third-order valence-electron chi connectivity index (χ3n) is 2.34. The molecule has 1 rings (SSSR count). The Morgan fingerprint density at radius 1 is 1.43 bits per heavy atom. The minimum absolute atomic E-state index is 0.160. The number of hydrogen-bond acceptors (Lipinski definition) is 2. The summed E-state index contributed by atoms with van der Waals surface area (Å²) in [6.07, 6.45) is 4.01. The topological polar surface area (TPSA) is 49.3 Å². The van der Waals surface area contributed by atoms with E-state index in [-0.39, 0.29) is 6.04 Å². The minimum atomic E-state index is -3.08. The van der Waals surface area contributed by atoms with Gasteiger partial charge in [-0.05, 0) is 12.8 Å². The van der Waals surface area contributed by atoms with Gasteiger partial charge in [0.1, 0.15) is 5.75 Å². The first kappa shape index (κ1) is 12.0. The fourth-order valence-electron chi connectivity index (χ4n) is 1.66. The zero-order valence-corrected chi connectivity index (χ0v) is 8.66. The predicted molar refractivity (Wildman–Crippen MR) is 50.8 cm³/mol. The smallest absolute Gasteiger partial charge is 0.273 e. The van der Waals surface area contributed by atoms with Gasteiger partial charge in [0.05, 0.1) is 6.54 Å². The maximum Gasteiger partial charge on any atom is 0.273 e. The zero-order chi connectivity index (χ0) is 10.6. The molecule has 0 aromatic carbocycles. The van der Waals surface area contributed by atoms with Crippen molar-refractivity contribution in [1.82, 2.24) is 5.32 Å². The van der Waals surface area contributed by atoms with E-state index in [2.05, 4.69) is 5.32 Å².